The van der Waals surface area contributed by atoms with Gasteiger partial charge >= 0.3 is 0 Å². The van der Waals surface area contributed by atoms with E-state index >= 15 is 0 Å². The van der Waals surface area contributed by atoms with E-state index in [9.17, 15) is 13.6 Å². The molecule has 1 aliphatic heterocycles. The molecule has 0 spiro atoms. The molecule has 1 amide bonds. The molecule has 2 heterocycles. The SMILES string of the molecule is COc1cc(-c2nc3n(c2Nc2ccc(F)cc2)CCN(C(=O)CN)C3(C)C)ccc1F. The number of rotatable bonds is 5. The molecular weight excluding hydrogens is 416 g/mol. The molecule has 1 aromatic heterocycles. The van der Waals surface area contributed by atoms with Crippen LogP contribution in [-0.2, 0) is 16.9 Å². The van der Waals surface area contributed by atoms with Crippen LogP contribution >= 0.6 is 0 Å². The number of nitrogens with zero attached hydrogens (tertiary/aromatic N) is 3. The third kappa shape index (κ3) is 3.69. The Kier molecular flexibility index (Phi) is 5.60. The van der Waals surface area contributed by atoms with Gasteiger partial charge in [-0.2, -0.15) is 0 Å². The summed E-state index contributed by atoms with van der Waals surface area (Å²) in [5, 5.41) is 3.33. The highest BCUT2D eigenvalue weighted by atomic mass is 19.1. The first-order chi connectivity index (χ1) is 15.3. The molecule has 0 saturated heterocycles. The molecular formula is C23H25F2N5O2. The monoisotopic (exact) mass is 441 g/mol. The topological polar surface area (TPSA) is 85.4 Å². The number of nitrogens with one attached hydrogen (secondary N) is 1. The smallest absolute Gasteiger partial charge is 0.237 e. The van der Waals surface area contributed by atoms with Gasteiger partial charge in [-0.3, -0.25) is 4.79 Å². The predicted molar refractivity (Wildman–Crippen MR) is 118 cm³/mol. The molecule has 7 nitrogen and oxygen atoms in total. The third-order valence-corrected chi connectivity index (χ3v) is 5.74. The Bertz CT molecular complexity index is 1160. The number of benzene rings is 2. The van der Waals surface area contributed by atoms with Gasteiger partial charge in [-0.25, -0.2) is 13.8 Å². The van der Waals surface area contributed by atoms with Crippen molar-refractivity contribution in [3.63, 3.8) is 0 Å². The van der Waals surface area contributed by atoms with Crippen molar-refractivity contribution in [2.45, 2.75) is 25.9 Å². The molecule has 0 fully saturated rings. The summed E-state index contributed by atoms with van der Waals surface area (Å²) < 4.78 is 34.6. The molecule has 0 unspecified atom stereocenters. The molecule has 0 atom stereocenters. The Balaban J connectivity index is 1.88. The van der Waals surface area contributed by atoms with E-state index in [0.717, 1.165) is 0 Å². The standard InChI is InChI=1S/C23H25F2N5O2/c1-23(2)22-28-20(14-4-9-17(25)18(12-14)32-3)21(27-16-7-5-15(24)6-8-16)29(22)10-11-30(23)19(31)13-26/h4-9,12,27H,10-11,13,26H2,1-3H3. The zero-order valence-corrected chi connectivity index (χ0v) is 18.2. The second kappa shape index (κ2) is 8.23. The molecule has 9 heteroatoms. The van der Waals surface area contributed by atoms with Crippen LogP contribution in [0.15, 0.2) is 42.5 Å². The van der Waals surface area contributed by atoms with Crippen molar-refractivity contribution in [3.8, 4) is 17.0 Å². The van der Waals surface area contributed by atoms with Crippen LogP contribution in [0.3, 0.4) is 0 Å². The van der Waals surface area contributed by atoms with Crippen molar-refractivity contribution in [1.82, 2.24) is 14.5 Å². The number of ether oxygens (including phenoxy) is 1. The Hall–Kier alpha value is -3.46. The first kappa shape index (κ1) is 21.8. The van der Waals surface area contributed by atoms with Crippen LogP contribution in [0, 0.1) is 11.6 Å². The average Bonchev–Trinajstić information content (AvgIpc) is 3.15. The van der Waals surface area contributed by atoms with Gasteiger partial charge in [-0.15, -0.1) is 0 Å². The number of nitrogens with two attached hydrogens (primary N) is 1. The van der Waals surface area contributed by atoms with Gasteiger partial charge in [0.2, 0.25) is 5.91 Å². The summed E-state index contributed by atoms with van der Waals surface area (Å²) in [7, 11) is 1.40. The second-order valence-corrected chi connectivity index (χ2v) is 8.07. The Morgan fingerprint density at radius 3 is 2.56 bits per heavy atom. The highest BCUT2D eigenvalue weighted by Gasteiger charge is 2.41. The van der Waals surface area contributed by atoms with Crippen molar-refractivity contribution in [2.24, 2.45) is 5.73 Å². The maximum Gasteiger partial charge on any atom is 0.237 e. The first-order valence-electron chi connectivity index (χ1n) is 10.2. The van der Waals surface area contributed by atoms with Gasteiger partial charge < -0.3 is 25.3 Å². The molecule has 0 bridgehead atoms. The lowest BCUT2D eigenvalue weighted by molar-refractivity contribution is -0.137. The molecule has 0 aliphatic carbocycles. The fourth-order valence-electron chi connectivity index (χ4n) is 4.09. The highest BCUT2D eigenvalue weighted by Crippen LogP contribution is 2.40. The van der Waals surface area contributed by atoms with Gasteiger partial charge in [-0.05, 0) is 56.3 Å². The van der Waals surface area contributed by atoms with E-state index in [1.165, 1.54) is 25.3 Å². The molecule has 3 aromatic rings. The normalized spacial score (nSPS) is 14.8. The van der Waals surface area contributed by atoms with Crippen LogP contribution in [0.25, 0.3) is 11.3 Å². The van der Waals surface area contributed by atoms with E-state index in [0.29, 0.717) is 41.7 Å². The molecule has 0 saturated carbocycles. The lowest BCUT2D eigenvalue weighted by Gasteiger charge is -2.42. The Morgan fingerprint density at radius 1 is 1.19 bits per heavy atom. The van der Waals surface area contributed by atoms with Gasteiger partial charge in [0.05, 0.1) is 19.2 Å². The van der Waals surface area contributed by atoms with E-state index in [2.05, 4.69) is 5.32 Å². The summed E-state index contributed by atoms with van der Waals surface area (Å²) in [6.07, 6.45) is 0. The largest absolute Gasteiger partial charge is 0.494 e. The van der Waals surface area contributed by atoms with E-state index in [1.807, 2.05) is 18.4 Å². The lowest BCUT2D eigenvalue weighted by atomic mass is 9.99. The molecule has 1 aliphatic rings. The Morgan fingerprint density at radius 2 is 1.91 bits per heavy atom. The second-order valence-electron chi connectivity index (χ2n) is 8.07. The fraction of sp³-hybridized carbons (Fsp3) is 0.304. The number of carbonyl (C=O) groups is 1. The number of hydrogen-bond acceptors (Lipinski definition) is 5. The fourth-order valence-corrected chi connectivity index (χ4v) is 4.09. The van der Waals surface area contributed by atoms with E-state index in [4.69, 9.17) is 15.5 Å². The quantitative estimate of drug-likeness (QED) is 0.632. The van der Waals surface area contributed by atoms with Crippen LogP contribution in [0.5, 0.6) is 5.75 Å². The third-order valence-electron chi connectivity index (χ3n) is 5.74. The van der Waals surface area contributed by atoms with Gasteiger partial charge in [-0.1, -0.05) is 0 Å². The minimum Gasteiger partial charge on any atom is -0.494 e. The van der Waals surface area contributed by atoms with Crippen molar-refractivity contribution in [3.05, 3.63) is 59.9 Å². The predicted octanol–water partition coefficient (Wildman–Crippen LogP) is 3.62. The lowest BCUT2D eigenvalue weighted by Crippen LogP contribution is -2.53. The minimum atomic E-state index is -0.726. The zero-order chi connectivity index (χ0) is 23.0. The van der Waals surface area contributed by atoms with Crippen LogP contribution < -0.4 is 15.8 Å². The van der Waals surface area contributed by atoms with Crippen molar-refractivity contribution < 1.29 is 18.3 Å². The number of amides is 1. The molecule has 3 N–H and O–H groups in total. The van der Waals surface area contributed by atoms with Gasteiger partial charge in [0, 0.05) is 24.3 Å². The summed E-state index contributed by atoms with van der Waals surface area (Å²) >= 11 is 0. The number of hydrogen-bond donors (Lipinski definition) is 2. The van der Waals surface area contributed by atoms with Crippen LogP contribution in [0.4, 0.5) is 20.3 Å². The summed E-state index contributed by atoms with van der Waals surface area (Å²) in [4.78, 5) is 19.0. The van der Waals surface area contributed by atoms with Gasteiger partial charge in [0.25, 0.3) is 0 Å². The number of methoxy groups -OCH3 is 1. The number of fused-ring (bicyclic) bond motifs is 1. The number of aromatic nitrogens is 2. The molecule has 2 aromatic carbocycles. The number of imidazole rings is 1. The summed E-state index contributed by atoms with van der Waals surface area (Å²) in [5.74, 6) is 0.434. The Labute approximate surface area is 184 Å². The number of carbonyl (C=O) groups excluding carboxylic acids is 1. The van der Waals surface area contributed by atoms with E-state index < -0.39 is 11.4 Å². The van der Waals surface area contributed by atoms with Gasteiger partial charge in [0.1, 0.15) is 23.2 Å². The molecule has 0 radical (unpaired) electrons. The summed E-state index contributed by atoms with van der Waals surface area (Å²) in [6, 6.07) is 10.5. The minimum absolute atomic E-state index is 0.0904. The van der Waals surface area contributed by atoms with Crippen LogP contribution in [0.1, 0.15) is 19.7 Å². The number of halogens is 2. The first-order valence-corrected chi connectivity index (χ1v) is 10.2. The maximum atomic E-state index is 14.0. The van der Waals surface area contributed by atoms with E-state index in [-0.39, 0.29) is 24.0 Å². The van der Waals surface area contributed by atoms with Crippen molar-refractivity contribution >= 4 is 17.4 Å². The molecule has 4 rings (SSSR count). The van der Waals surface area contributed by atoms with Crippen LogP contribution in [0.2, 0.25) is 0 Å². The molecule has 168 valence electrons. The van der Waals surface area contributed by atoms with Gasteiger partial charge in [0.15, 0.2) is 11.6 Å². The average molecular weight is 441 g/mol. The van der Waals surface area contributed by atoms with Crippen molar-refractivity contribution in [1.29, 1.82) is 0 Å². The maximum absolute atomic E-state index is 14.0. The zero-order valence-electron chi connectivity index (χ0n) is 18.2. The number of anilines is 2. The van der Waals surface area contributed by atoms with E-state index in [1.54, 1.807) is 29.2 Å². The van der Waals surface area contributed by atoms with Crippen LogP contribution in [-0.4, -0.2) is 40.6 Å². The van der Waals surface area contributed by atoms with Crippen molar-refractivity contribution in [2.75, 3.05) is 25.5 Å². The molecule has 32 heavy (non-hydrogen) atoms. The summed E-state index contributed by atoms with van der Waals surface area (Å²) in [5.41, 5.74) is 6.77. The summed E-state index contributed by atoms with van der Waals surface area (Å²) in [6.45, 7) is 4.67. The highest BCUT2D eigenvalue weighted by molar-refractivity contribution is 5.81.